The van der Waals surface area contributed by atoms with E-state index in [0.717, 1.165) is 0 Å². The summed E-state index contributed by atoms with van der Waals surface area (Å²) >= 11 is 5.72. The molecule has 0 fully saturated rings. The van der Waals surface area contributed by atoms with E-state index in [0.29, 0.717) is 5.56 Å². The number of hydrogen-bond acceptors (Lipinski definition) is 4. The first kappa shape index (κ1) is 10.5. The summed E-state index contributed by atoms with van der Waals surface area (Å²) in [6.07, 6.45) is 3.09. The molecule has 2 aromatic heterocycles. The van der Waals surface area contributed by atoms with E-state index in [1.165, 1.54) is 18.3 Å². The van der Waals surface area contributed by atoms with Crippen molar-refractivity contribution in [3.63, 3.8) is 0 Å². The molecule has 0 saturated carbocycles. The molecule has 2 rings (SSSR count). The lowest BCUT2D eigenvalue weighted by Gasteiger charge is -2.01. The van der Waals surface area contributed by atoms with Gasteiger partial charge in [-0.3, -0.25) is 15.1 Å². The molecule has 16 heavy (non-hydrogen) atoms. The second-order valence-electron chi connectivity index (χ2n) is 3.00. The van der Waals surface area contributed by atoms with Gasteiger partial charge in [-0.05, 0) is 18.2 Å². The van der Waals surface area contributed by atoms with Gasteiger partial charge in [0.15, 0.2) is 5.69 Å². The van der Waals surface area contributed by atoms with Crippen molar-refractivity contribution >= 4 is 17.3 Å². The van der Waals surface area contributed by atoms with Gasteiger partial charge >= 0.3 is 0 Å². The number of halogens is 1. The van der Waals surface area contributed by atoms with Crippen LogP contribution in [0, 0.1) is 10.1 Å². The fourth-order valence-electron chi connectivity index (χ4n) is 1.29. The van der Waals surface area contributed by atoms with E-state index in [-0.39, 0.29) is 16.5 Å². The molecule has 0 saturated heterocycles. The van der Waals surface area contributed by atoms with Crippen LogP contribution in [0.2, 0.25) is 5.15 Å². The summed E-state index contributed by atoms with van der Waals surface area (Å²) in [7, 11) is 0. The zero-order valence-electron chi connectivity index (χ0n) is 8.00. The minimum atomic E-state index is -0.494. The Balaban J connectivity index is 2.63. The molecule has 0 aliphatic heterocycles. The van der Waals surface area contributed by atoms with Crippen LogP contribution in [0.1, 0.15) is 0 Å². The van der Waals surface area contributed by atoms with E-state index in [9.17, 15) is 10.1 Å². The maximum absolute atomic E-state index is 10.8. The van der Waals surface area contributed by atoms with Crippen LogP contribution >= 0.6 is 11.6 Å². The second kappa shape index (κ2) is 4.24. The summed E-state index contributed by atoms with van der Waals surface area (Å²) < 4.78 is 0. The van der Waals surface area contributed by atoms with E-state index in [4.69, 9.17) is 11.6 Å². The molecule has 0 radical (unpaired) electrons. The van der Waals surface area contributed by atoms with Crippen molar-refractivity contribution in [1.82, 2.24) is 9.97 Å². The largest absolute Gasteiger partial charge is 0.295 e. The Morgan fingerprint density at radius 1 is 1.31 bits per heavy atom. The van der Waals surface area contributed by atoms with Gasteiger partial charge in [0.2, 0.25) is 0 Å². The van der Waals surface area contributed by atoms with Crippen LogP contribution < -0.4 is 0 Å². The molecule has 0 aliphatic rings. The zero-order chi connectivity index (χ0) is 11.5. The summed E-state index contributed by atoms with van der Waals surface area (Å²) in [6, 6.07) is 6.09. The Labute approximate surface area is 95.9 Å². The van der Waals surface area contributed by atoms with Gasteiger partial charge in [0.05, 0.1) is 4.92 Å². The predicted molar refractivity (Wildman–Crippen MR) is 59.1 cm³/mol. The maximum atomic E-state index is 10.8. The van der Waals surface area contributed by atoms with Crippen molar-refractivity contribution < 1.29 is 4.92 Å². The zero-order valence-corrected chi connectivity index (χ0v) is 8.76. The maximum Gasteiger partial charge on any atom is 0.295 e. The summed E-state index contributed by atoms with van der Waals surface area (Å²) in [5.74, 6) is 0. The highest BCUT2D eigenvalue weighted by molar-refractivity contribution is 6.29. The van der Waals surface area contributed by atoms with Gasteiger partial charge in [-0.15, -0.1) is 0 Å². The third kappa shape index (κ3) is 1.99. The van der Waals surface area contributed by atoms with Crippen LogP contribution in [-0.2, 0) is 0 Å². The first-order chi connectivity index (χ1) is 7.68. The van der Waals surface area contributed by atoms with Crippen molar-refractivity contribution in [2.24, 2.45) is 0 Å². The summed E-state index contributed by atoms with van der Waals surface area (Å²) in [6.45, 7) is 0. The number of nitrogens with zero attached hydrogens (tertiary/aromatic N) is 3. The molecule has 0 atom stereocenters. The summed E-state index contributed by atoms with van der Waals surface area (Å²) in [5.41, 5.74) is 0.708. The van der Waals surface area contributed by atoms with Crippen LogP contribution in [-0.4, -0.2) is 14.9 Å². The lowest BCUT2D eigenvalue weighted by molar-refractivity contribution is -0.384. The third-order valence-electron chi connectivity index (χ3n) is 1.97. The quantitative estimate of drug-likeness (QED) is 0.456. The van der Waals surface area contributed by atoms with E-state index in [2.05, 4.69) is 9.97 Å². The first-order valence-electron chi connectivity index (χ1n) is 4.40. The van der Waals surface area contributed by atoms with Crippen molar-refractivity contribution in [3.8, 4) is 11.3 Å². The monoisotopic (exact) mass is 235 g/mol. The van der Waals surface area contributed by atoms with Crippen LogP contribution in [0.15, 0.2) is 36.7 Å². The fourth-order valence-corrected chi connectivity index (χ4v) is 1.44. The van der Waals surface area contributed by atoms with Crippen LogP contribution in [0.25, 0.3) is 11.3 Å². The number of pyridine rings is 2. The number of hydrogen-bond donors (Lipinski definition) is 0. The predicted octanol–water partition coefficient (Wildman–Crippen LogP) is 2.71. The Bertz CT molecular complexity index is 531. The molecule has 0 spiro atoms. The van der Waals surface area contributed by atoms with E-state index in [1.807, 2.05) is 0 Å². The molecular formula is C10H6ClN3O2. The SMILES string of the molecule is O=[N+]([O-])c1ccc(Cl)nc1-c1cccnc1. The van der Waals surface area contributed by atoms with Crippen molar-refractivity contribution in [3.05, 3.63) is 51.9 Å². The molecule has 0 bridgehead atoms. The summed E-state index contributed by atoms with van der Waals surface area (Å²) in [5, 5.41) is 11.0. The standard InChI is InChI=1S/C10H6ClN3O2/c11-9-4-3-8(14(15)16)10(13-9)7-2-1-5-12-6-7/h1-6H. The van der Waals surface area contributed by atoms with E-state index < -0.39 is 4.92 Å². The van der Waals surface area contributed by atoms with Gasteiger partial charge in [0.25, 0.3) is 5.69 Å². The summed E-state index contributed by atoms with van der Waals surface area (Å²) in [4.78, 5) is 18.1. The van der Waals surface area contributed by atoms with Gasteiger partial charge in [-0.2, -0.15) is 0 Å². The molecule has 2 heterocycles. The Morgan fingerprint density at radius 3 is 2.75 bits per heavy atom. The number of aromatic nitrogens is 2. The molecule has 0 unspecified atom stereocenters. The minimum Gasteiger partial charge on any atom is -0.264 e. The topological polar surface area (TPSA) is 68.9 Å². The molecule has 6 heteroatoms. The smallest absolute Gasteiger partial charge is 0.264 e. The van der Waals surface area contributed by atoms with Crippen LogP contribution in [0.4, 0.5) is 5.69 Å². The Kier molecular flexibility index (Phi) is 2.78. The molecule has 2 aromatic rings. The van der Waals surface area contributed by atoms with E-state index >= 15 is 0 Å². The molecule has 0 aliphatic carbocycles. The van der Waals surface area contributed by atoms with Gasteiger partial charge in [-0.25, -0.2) is 4.98 Å². The molecule has 0 aromatic carbocycles. The molecule has 0 amide bonds. The average Bonchev–Trinajstić information content (AvgIpc) is 2.29. The first-order valence-corrected chi connectivity index (χ1v) is 4.77. The molecular weight excluding hydrogens is 230 g/mol. The van der Waals surface area contributed by atoms with Crippen molar-refractivity contribution in [1.29, 1.82) is 0 Å². The number of rotatable bonds is 2. The van der Waals surface area contributed by atoms with Crippen LogP contribution in [0.5, 0.6) is 0 Å². The normalized spacial score (nSPS) is 10.1. The van der Waals surface area contributed by atoms with Gasteiger partial charge < -0.3 is 0 Å². The van der Waals surface area contributed by atoms with Gasteiger partial charge in [-0.1, -0.05) is 11.6 Å². The fraction of sp³-hybridized carbons (Fsp3) is 0. The van der Waals surface area contributed by atoms with Crippen molar-refractivity contribution in [2.45, 2.75) is 0 Å². The van der Waals surface area contributed by atoms with E-state index in [1.54, 1.807) is 18.3 Å². The average molecular weight is 236 g/mol. The highest BCUT2D eigenvalue weighted by atomic mass is 35.5. The van der Waals surface area contributed by atoms with Gasteiger partial charge in [0, 0.05) is 24.0 Å². The highest BCUT2D eigenvalue weighted by Crippen LogP contribution is 2.28. The lowest BCUT2D eigenvalue weighted by Crippen LogP contribution is -1.95. The molecule has 0 N–H and O–H groups in total. The number of nitro groups is 1. The minimum absolute atomic E-state index is 0.0857. The second-order valence-corrected chi connectivity index (χ2v) is 3.39. The lowest BCUT2D eigenvalue weighted by atomic mass is 10.1. The van der Waals surface area contributed by atoms with Crippen LogP contribution in [0.3, 0.4) is 0 Å². The Hall–Kier alpha value is -2.01. The molecule has 80 valence electrons. The third-order valence-corrected chi connectivity index (χ3v) is 2.18. The molecule has 5 nitrogen and oxygen atoms in total. The Morgan fingerprint density at radius 2 is 2.12 bits per heavy atom. The highest BCUT2D eigenvalue weighted by Gasteiger charge is 2.17. The van der Waals surface area contributed by atoms with Crippen molar-refractivity contribution in [2.75, 3.05) is 0 Å². The van der Waals surface area contributed by atoms with Gasteiger partial charge in [0.1, 0.15) is 5.15 Å².